The average Bonchev–Trinajstić information content (AvgIpc) is 3.15. The molecule has 6 nitrogen and oxygen atoms in total. The number of rotatable bonds is 8. The molecule has 0 fully saturated rings. The van der Waals surface area contributed by atoms with Crippen LogP contribution in [-0.2, 0) is 22.5 Å². The topological polar surface area (TPSA) is 51.2 Å². The quantitative estimate of drug-likeness (QED) is 0.694. The van der Waals surface area contributed by atoms with E-state index in [0.29, 0.717) is 31.2 Å². The zero-order valence-corrected chi connectivity index (χ0v) is 16.9. The molecule has 0 radical (unpaired) electrons. The average molecular weight is 391 g/mol. The fraction of sp³-hybridized carbons (Fsp3) is 0.450. The number of carbonyl (C=O) groups excluding carboxylic acids is 1. The number of anilines is 1. The number of amides is 1. The molecule has 1 amide bonds. The van der Waals surface area contributed by atoms with Gasteiger partial charge in [-0.1, -0.05) is 0 Å². The van der Waals surface area contributed by atoms with Gasteiger partial charge < -0.3 is 19.1 Å². The third kappa shape index (κ3) is 4.61. The summed E-state index contributed by atoms with van der Waals surface area (Å²) < 4.78 is 15.9. The summed E-state index contributed by atoms with van der Waals surface area (Å²) in [6.07, 6.45) is 1.01. The predicted molar refractivity (Wildman–Crippen MR) is 107 cm³/mol. The third-order valence-electron chi connectivity index (χ3n) is 4.74. The van der Waals surface area contributed by atoms with Crippen molar-refractivity contribution < 1.29 is 19.0 Å². The Morgan fingerprint density at radius 1 is 1.19 bits per heavy atom. The number of hydrogen-bond acceptors (Lipinski definition) is 6. The Morgan fingerprint density at radius 3 is 2.74 bits per heavy atom. The van der Waals surface area contributed by atoms with Crippen LogP contribution in [0, 0.1) is 0 Å². The Hall–Kier alpha value is -2.09. The lowest BCUT2D eigenvalue weighted by Crippen LogP contribution is -2.43. The lowest BCUT2D eigenvalue weighted by atomic mass is 10.1. The van der Waals surface area contributed by atoms with Gasteiger partial charge in [0.1, 0.15) is 0 Å². The highest BCUT2D eigenvalue weighted by Crippen LogP contribution is 2.32. The first kappa shape index (κ1) is 19.7. The summed E-state index contributed by atoms with van der Waals surface area (Å²) in [5.41, 5.74) is 2.12. The van der Waals surface area contributed by atoms with Crippen LogP contribution in [0.3, 0.4) is 0 Å². The Balaban J connectivity index is 1.75. The number of thiophene rings is 1. The fourth-order valence-electron chi connectivity index (χ4n) is 3.29. The first-order valence-corrected chi connectivity index (χ1v) is 9.83. The number of fused-ring (bicyclic) bond motifs is 1. The van der Waals surface area contributed by atoms with E-state index in [1.54, 1.807) is 37.6 Å². The van der Waals surface area contributed by atoms with E-state index in [1.807, 2.05) is 18.2 Å². The van der Waals surface area contributed by atoms with Crippen LogP contribution in [0.15, 0.2) is 29.6 Å². The minimum atomic E-state index is 0.0537. The van der Waals surface area contributed by atoms with E-state index in [4.69, 9.17) is 14.2 Å². The minimum Gasteiger partial charge on any atom is -0.493 e. The van der Waals surface area contributed by atoms with E-state index in [1.165, 1.54) is 10.4 Å². The summed E-state index contributed by atoms with van der Waals surface area (Å²) >= 11 is 1.80. The molecule has 0 bridgehead atoms. The molecule has 2 aromatic rings. The van der Waals surface area contributed by atoms with Crippen LogP contribution in [0.25, 0.3) is 0 Å². The van der Waals surface area contributed by atoms with Gasteiger partial charge in [-0.05, 0) is 35.6 Å². The first-order valence-electron chi connectivity index (χ1n) is 8.95. The summed E-state index contributed by atoms with van der Waals surface area (Å²) in [5, 5.41) is 2.13. The fourth-order valence-corrected chi connectivity index (χ4v) is 4.18. The Kier molecular flexibility index (Phi) is 6.71. The highest BCUT2D eigenvalue weighted by Gasteiger charge is 2.23. The molecule has 146 valence electrons. The maximum Gasteiger partial charge on any atom is 0.241 e. The second-order valence-corrected chi connectivity index (χ2v) is 7.41. The second-order valence-electron chi connectivity index (χ2n) is 6.41. The summed E-state index contributed by atoms with van der Waals surface area (Å²) in [7, 11) is 4.83. The molecule has 0 spiro atoms. The van der Waals surface area contributed by atoms with E-state index in [2.05, 4.69) is 16.3 Å². The number of nitrogens with zero attached hydrogens (tertiary/aromatic N) is 2. The van der Waals surface area contributed by atoms with Crippen molar-refractivity contribution >= 4 is 22.9 Å². The lowest BCUT2D eigenvalue weighted by Gasteiger charge is -2.30. The van der Waals surface area contributed by atoms with E-state index in [-0.39, 0.29) is 5.91 Å². The van der Waals surface area contributed by atoms with Gasteiger partial charge in [0.15, 0.2) is 11.5 Å². The van der Waals surface area contributed by atoms with Crippen molar-refractivity contribution in [2.24, 2.45) is 0 Å². The smallest absolute Gasteiger partial charge is 0.241 e. The molecule has 2 heterocycles. The number of carbonyl (C=O) groups is 1. The monoisotopic (exact) mass is 390 g/mol. The summed E-state index contributed by atoms with van der Waals surface area (Å²) in [4.78, 5) is 18.5. The van der Waals surface area contributed by atoms with Crippen LogP contribution in [-0.4, -0.2) is 58.4 Å². The van der Waals surface area contributed by atoms with Gasteiger partial charge in [-0.15, -0.1) is 11.3 Å². The standard InChI is InChI=1S/C20H26N2O4S/c1-24-10-9-22(16-4-5-17(25-2)18(12-16)26-3)20(23)14-21-8-6-19-15(13-21)7-11-27-19/h4-5,7,11-12H,6,8-10,13-14H2,1-3H3. The molecule has 3 rings (SSSR count). The molecule has 0 unspecified atom stereocenters. The maximum atomic E-state index is 13.1. The van der Waals surface area contributed by atoms with Gasteiger partial charge in [-0.25, -0.2) is 0 Å². The predicted octanol–water partition coefficient (Wildman–Crippen LogP) is 2.80. The second kappa shape index (κ2) is 9.21. The molecule has 0 N–H and O–H groups in total. The Labute approximate surface area is 164 Å². The highest BCUT2D eigenvalue weighted by atomic mass is 32.1. The molecular formula is C20H26N2O4S. The van der Waals surface area contributed by atoms with Gasteiger partial charge in [-0.3, -0.25) is 9.69 Å². The molecule has 1 aliphatic heterocycles. The van der Waals surface area contributed by atoms with Crippen LogP contribution in [0.1, 0.15) is 10.4 Å². The van der Waals surface area contributed by atoms with Crippen molar-refractivity contribution in [1.29, 1.82) is 0 Å². The largest absolute Gasteiger partial charge is 0.493 e. The Morgan fingerprint density at radius 2 is 2.00 bits per heavy atom. The van der Waals surface area contributed by atoms with Gasteiger partial charge in [0.05, 0.1) is 27.4 Å². The van der Waals surface area contributed by atoms with Gasteiger partial charge >= 0.3 is 0 Å². The van der Waals surface area contributed by atoms with Crippen molar-refractivity contribution in [2.45, 2.75) is 13.0 Å². The van der Waals surface area contributed by atoms with Crippen molar-refractivity contribution in [3.8, 4) is 11.5 Å². The third-order valence-corrected chi connectivity index (χ3v) is 5.77. The van der Waals surface area contributed by atoms with Crippen molar-refractivity contribution in [1.82, 2.24) is 4.90 Å². The highest BCUT2D eigenvalue weighted by molar-refractivity contribution is 7.10. The van der Waals surface area contributed by atoms with E-state index < -0.39 is 0 Å². The van der Waals surface area contributed by atoms with Gasteiger partial charge in [0.25, 0.3) is 0 Å². The zero-order valence-electron chi connectivity index (χ0n) is 16.1. The molecule has 1 aliphatic rings. The molecule has 0 saturated heterocycles. The van der Waals surface area contributed by atoms with Crippen molar-refractivity contribution in [3.05, 3.63) is 40.1 Å². The van der Waals surface area contributed by atoms with Gasteiger partial charge in [-0.2, -0.15) is 0 Å². The molecule has 0 atom stereocenters. The molecule has 1 aromatic carbocycles. The number of methoxy groups -OCH3 is 3. The summed E-state index contributed by atoms with van der Waals surface area (Å²) in [5.74, 6) is 1.30. The first-order chi connectivity index (χ1) is 13.2. The SMILES string of the molecule is COCCN(C(=O)CN1CCc2sccc2C1)c1ccc(OC)c(OC)c1. The van der Waals surface area contributed by atoms with Gasteiger partial charge in [0.2, 0.25) is 5.91 Å². The number of hydrogen-bond donors (Lipinski definition) is 0. The van der Waals surface area contributed by atoms with Crippen molar-refractivity contribution in [3.63, 3.8) is 0 Å². The molecule has 0 aliphatic carbocycles. The van der Waals surface area contributed by atoms with Crippen LogP contribution in [0.5, 0.6) is 11.5 Å². The van der Waals surface area contributed by atoms with E-state index in [9.17, 15) is 4.79 Å². The van der Waals surface area contributed by atoms with Crippen molar-refractivity contribution in [2.75, 3.05) is 52.5 Å². The maximum absolute atomic E-state index is 13.1. The van der Waals surface area contributed by atoms with Crippen LogP contribution in [0.2, 0.25) is 0 Å². The van der Waals surface area contributed by atoms with Gasteiger partial charge in [0, 0.05) is 43.4 Å². The number of ether oxygens (including phenoxy) is 3. The number of benzene rings is 1. The normalized spacial score (nSPS) is 13.9. The van der Waals surface area contributed by atoms with E-state index in [0.717, 1.165) is 25.2 Å². The van der Waals surface area contributed by atoms with Crippen LogP contribution >= 0.6 is 11.3 Å². The Bertz CT molecular complexity index is 777. The summed E-state index contributed by atoms with van der Waals surface area (Å²) in [6.45, 7) is 3.07. The lowest BCUT2D eigenvalue weighted by molar-refractivity contribution is -0.120. The van der Waals surface area contributed by atoms with Crippen LogP contribution < -0.4 is 14.4 Å². The minimum absolute atomic E-state index is 0.0537. The molecule has 27 heavy (non-hydrogen) atoms. The van der Waals surface area contributed by atoms with E-state index >= 15 is 0 Å². The molecule has 0 saturated carbocycles. The summed E-state index contributed by atoms with van der Waals surface area (Å²) in [6, 6.07) is 7.69. The zero-order chi connectivity index (χ0) is 19.2. The molecular weight excluding hydrogens is 364 g/mol. The molecule has 7 heteroatoms. The van der Waals surface area contributed by atoms with Crippen LogP contribution in [0.4, 0.5) is 5.69 Å². The molecule has 1 aromatic heterocycles.